The van der Waals surface area contributed by atoms with Gasteiger partial charge >= 0.3 is 0 Å². The maximum atomic E-state index is 10.5. The van der Waals surface area contributed by atoms with E-state index in [-0.39, 0.29) is 18.2 Å². The molecular formula is C4H4N2O2. The molecule has 2 aliphatic heterocycles. The van der Waals surface area contributed by atoms with E-state index in [1.54, 1.807) is 0 Å². The third-order valence-electron chi connectivity index (χ3n) is 1.35. The lowest BCUT2D eigenvalue weighted by Gasteiger charge is -1.80. The van der Waals surface area contributed by atoms with E-state index in [0.717, 1.165) is 0 Å². The van der Waals surface area contributed by atoms with E-state index in [4.69, 9.17) is 0 Å². The maximum Gasteiger partial charge on any atom is 0.252 e. The van der Waals surface area contributed by atoms with Gasteiger partial charge in [0.2, 0.25) is 0 Å². The van der Waals surface area contributed by atoms with Gasteiger partial charge in [-0.2, -0.15) is 0 Å². The Bertz CT molecular complexity index is 159. The number of amides is 2. The third kappa shape index (κ3) is 0.267. The fourth-order valence-electron chi connectivity index (χ4n) is 0.837. The molecule has 0 saturated carbocycles. The summed E-state index contributed by atoms with van der Waals surface area (Å²) < 4.78 is 0. The Balaban J connectivity index is 2.31. The van der Waals surface area contributed by atoms with E-state index in [2.05, 4.69) is 0 Å². The molecule has 0 unspecified atom stereocenters. The minimum atomic E-state index is -0.0602. The van der Waals surface area contributed by atoms with Crippen LogP contribution in [-0.4, -0.2) is 28.5 Å². The molecule has 2 aliphatic rings. The summed E-state index contributed by atoms with van der Waals surface area (Å²) in [6.45, 7) is 0.525. The van der Waals surface area contributed by atoms with Gasteiger partial charge in [-0.25, -0.2) is 10.0 Å². The van der Waals surface area contributed by atoms with Gasteiger partial charge in [-0.05, 0) is 0 Å². The molecule has 0 atom stereocenters. The van der Waals surface area contributed by atoms with E-state index in [1.165, 1.54) is 10.0 Å². The largest absolute Gasteiger partial charge is 0.272 e. The highest BCUT2D eigenvalue weighted by atomic mass is 16.2. The van der Waals surface area contributed by atoms with Crippen LogP contribution >= 0.6 is 0 Å². The first-order chi connectivity index (χ1) is 3.79. The number of hydrazine groups is 1. The van der Waals surface area contributed by atoms with Crippen molar-refractivity contribution in [3.8, 4) is 0 Å². The summed E-state index contributed by atoms with van der Waals surface area (Å²) in [6.07, 6.45) is 0.0833. The average Bonchev–Trinajstić information content (AvgIpc) is 2.35. The van der Waals surface area contributed by atoms with Crippen molar-refractivity contribution in [2.45, 2.75) is 6.42 Å². The van der Waals surface area contributed by atoms with Crippen LogP contribution in [0.1, 0.15) is 6.42 Å². The molecule has 8 heavy (non-hydrogen) atoms. The Morgan fingerprint density at radius 2 is 1.62 bits per heavy atom. The van der Waals surface area contributed by atoms with Crippen LogP contribution in [0.2, 0.25) is 0 Å². The zero-order valence-electron chi connectivity index (χ0n) is 4.13. The van der Waals surface area contributed by atoms with Gasteiger partial charge in [0.05, 0.1) is 0 Å². The Hall–Kier alpha value is -1.06. The highest BCUT2D eigenvalue weighted by molar-refractivity contribution is 6.04. The summed E-state index contributed by atoms with van der Waals surface area (Å²) in [5, 5.41) is 2.87. The summed E-state index contributed by atoms with van der Waals surface area (Å²) in [4.78, 5) is 21.0. The van der Waals surface area contributed by atoms with Crippen LogP contribution in [0, 0.1) is 0 Å². The number of fused-ring (bicyclic) bond motifs is 1. The fourth-order valence-corrected chi connectivity index (χ4v) is 0.837. The molecule has 4 nitrogen and oxygen atoms in total. The van der Waals surface area contributed by atoms with Gasteiger partial charge in [-0.1, -0.05) is 0 Å². The number of hydrogen-bond acceptors (Lipinski definition) is 2. The van der Waals surface area contributed by atoms with E-state index in [1.807, 2.05) is 0 Å². The summed E-state index contributed by atoms with van der Waals surface area (Å²) in [5.41, 5.74) is 0. The molecule has 0 radical (unpaired) electrons. The Morgan fingerprint density at radius 1 is 1.12 bits per heavy atom. The molecule has 2 amide bonds. The number of nitrogens with zero attached hydrogens (tertiary/aromatic N) is 2. The first-order valence-electron chi connectivity index (χ1n) is 2.40. The SMILES string of the molecule is O=C1CC(=O)N2CN12. The minimum absolute atomic E-state index is 0.0602. The van der Waals surface area contributed by atoms with Crippen LogP contribution in [0.5, 0.6) is 0 Å². The predicted octanol–water partition coefficient (Wildman–Crippen LogP) is -1.07. The molecule has 0 N–H and O–H groups in total. The van der Waals surface area contributed by atoms with Crippen molar-refractivity contribution in [1.29, 1.82) is 0 Å². The highest BCUT2D eigenvalue weighted by Gasteiger charge is 2.47. The zero-order chi connectivity index (χ0) is 5.72. The van der Waals surface area contributed by atoms with Crippen LogP contribution in [-0.2, 0) is 9.59 Å². The molecule has 0 spiro atoms. The Kier molecular flexibility index (Phi) is 0.420. The normalized spacial score (nSPS) is 24.5. The van der Waals surface area contributed by atoms with E-state index >= 15 is 0 Å². The summed E-state index contributed by atoms with van der Waals surface area (Å²) in [7, 11) is 0. The third-order valence-corrected chi connectivity index (χ3v) is 1.35. The van der Waals surface area contributed by atoms with Crippen LogP contribution in [0.25, 0.3) is 0 Å². The molecule has 42 valence electrons. The summed E-state index contributed by atoms with van der Waals surface area (Å²) >= 11 is 0. The smallest absolute Gasteiger partial charge is 0.252 e. The van der Waals surface area contributed by atoms with Crippen LogP contribution < -0.4 is 0 Å². The molecule has 0 aromatic heterocycles. The zero-order valence-corrected chi connectivity index (χ0v) is 4.13. The van der Waals surface area contributed by atoms with Gasteiger partial charge in [-0.3, -0.25) is 9.59 Å². The van der Waals surface area contributed by atoms with Gasteiger partial charge < -0.3 is 0 Å². The Labute approximate surface area is 45.6 Å². The molecule has 2 rings (SSSR count). The second-order valence-electron chi connectivity index (χ2n) is 1.90. The van der Waals surface area contributed by atoms with Gasteiger partial charge in [0.15, 0.2) is 0 Å². The van der Waals surface area contributed by atoms with E-state index in [9.17, 15) is 9.59 Å². The molecular weight excluding hydrogens is 108 g/mol. The lowest BCUT2D eigenvalue weighted by Crippen LogP contribution is -2.05. The fraction of sp³-hybridized carbons (Fsp3) is 0.500. The van der Waals surface area contributed by atoms with Crippen molar-refractivity contribution in [3.05, 3.63) is 0 Å². The molecule has 2 heterocycles. The second kappa shape index (κ2) is 0.866. The van der Waals surface area contributed by atoms with Gasteiger partial charge in [-0.15, -0.1) is 0 Å². The van der Waals surface area contributed by atoms with Crippen molar-refractivity contribution in [2.75, 3.05) is 6.67 Å². The van der Waals surface area contributed by atoms with Gasteiger partial charge in [0.25, 0.3) is 11.8 Å². The first-order valence-corrected chi connectivity index (χ1v) is 2.40. The molecule has 0 bridgehead atoms. The monoisotopic (exact) mass is 112 g/mol. The second-order valence-corrected chi connectivity index (χ2v) is 1.90. The van der Waals surface area contributed by atoms with Gasteiger partial charge in [0.1, 0.15) is 13.1 Å². The average molecular weight is 112 g/mol. The van der Waals surface area contributed by atoms with Crippen molar-refractivity contribution in [2.24, 2.45) is 0 Å². The van der Waals surface area contributed by atoms with E-state index < -0.39 is 0 Å². The first kappa shape index (κ1) is 3.88. The molecule has 0 aliphatic carbocycles. The van der Waals surface area contributed by atoms with Crippen molar-refractivity contribution in [3.63, 3.8) is 0 Å². The topological polar surface area (TPSA) is 40.2 Å². The van der Waals surface area contributed by atoms with Gasteiger partial charge in [0, 0.05) is 0 Å². The van der Waals surface area contributed by atoms with Crippen LogP contribution in [0.15, 0.2) is 0 Å². The lowest BCUT2D eigenvalue weighted by atomic mass is 10.4. The number of hydrogen-bond donors (Lipinski definition) is 0. The number of rotatable bonds is 0. The number of carbonyl (C=O) groups excluding carboxylic acids is 2. The van der Waals surface area contributed by atoms with E-state index in [0.29, 0.717) is 6.67 Å². The molecule has 0 aromatic carbocycles. The maximum absolute atomic E-state index is 10.5. The number of carbonyl (C=O) groups is 2. The quantitative estimate of drug-likeness (QED) is 0.296. The van der Waals surface area contributed by atoms with Crippen molar-refractivity contribution >= 4 is 11.8 Å². The Morgan fingerprint density at radius 3 is 1.75 bits per heavy atom. The molecule has 2 saturated heterocycles. The highest BCUT2D eigenvalue weighted by Crippen LogP contribution is 2.24. The standard InChI is InChI=1S/C4H4N2O2/c7-3-1-4(8)6-2-5(3)6/h1-2H2. The van der Waals surface area contributed by atoms with Crippen molar-refractivity contribution < 1.29 is 9.59 Å². The van der Waals surface area contributed by atoms with Crippen molar-refractivity contribution in [1.82, 2.24) is 10.0 Å². The predicted molar refractivity (Wildman–Crippen MR) is 23.2 cm³/mol. The lowest BCUT2D eigenvalue weighted by molar-refractivity contribution is -0.126. The minimum Gasteiger partial charge on any atom is -0.272 e. The summed E-state index contributed by atoms with van der Waals surface area (Å²) in [6, 6.07) is 0. The summed E-state index contributed by atoms with van der Waals surface area (Å²) in [5.74, 6) is -0.120. The molecule has 2 fully saturated rings. The molecule has 4 heteroatoms. The van der Waals surface area contributed by atoms with Crippen LogP contribution in [0.4, 0.5) is 0 Å². The molecule has 0 aromatic rings. The van der Waals surface area contributed by atoms with Crippen LogP contribution in [0.3, 0.4) is 0 Å².